The first-order valence-corrected chi connectivity index (χ1v) is 9.87. The average Bonchev–Trinajstić information content (AvgIpc) is 3.15. The van der Waals surface area contributed by atoms with E-state index in [1.165, 1.54) is 12.1 Å². The van der Waals surface area contributed by atoms with Gasteiger partial charge in [-0.15, -0.1) is 0 Å². The minimum Gasteiger partial charge on any atom is -0.397 e. The number of carbonyl (C=O) groups is 1. The Morgan fingerprint density at radius 2 is 2.00 bits per heavy atom. The molecule has 2 amide bonds. The van der Waals surface area contributed by atoms with Gasteiger partial charge in [0, 0.05) is 12.8 Å². The number of hydrogen-bond acceptors (Lipinski definition) is 3. The summed E-state index contributed by atoms with van der Waals surface area (Å²) in [4.78, 5) is 18.7. The summed E-state index contributed by atoms with van der Waals surface area (Å²) in [5.41, 5.74) is 10.3. The van der Waals surface area contributed by atoms with Crippen LogP contribution in [0.2, 0.25) is 0 Å². The monoisotopic (exact) mass is 408 g/mol. The van der Waals surface area contributed by atoms with Crippen LogP contribution in [0.3, 0.4) is 0 Å². The number of aliphatic imine (C=N–C) groups is 1. The number of rotatable bonds is 8. The summed E-state index contributed by atoms with van der Waals surface area (Å²) in [5.74, 6) is -0.284. The highest BCUT2D eigenvalue weighted by atomic mass is 19.1. The van der Waals surface area contributed by atoms with Gasteiger partial charge in [0.2, 0.25) is 0 Å². The fraction of sp³-hybridized carbons (Fsp3) is 0.250. The number of nitrogens with zero attached hydrogens (tertiary/aromatic N) is 2. The van der Waals surface area contributed by atoms with Crippen molar-refractivity contribution < 1.29 is 9.18 Å². The molecule has 0 saturated heterocycles. The fourth-order valence-electron chi connectivity index (χ4n) is 2.79. The van der Waals surface area contributed by atoms with Gasteiger partial charge >= 0.3 is 6.03 Å². The Bertz CT molecular complexity index is 923. The summed E-state index contributed by atoms with van der Waals surface area (Å²) >= 11 is 0. The average molecular weight is 409 g/mol. The van der Waals surface area contributed by atoms with Crippen LogP contribution >= 0.6 is 0 Å². The maximum atomic E-state index is 13.0. The number of benzene rings is 1. The van der Waals surface area contributed by atoms with Crippen LogP contribution in [0.4, 0.5) is 9.18 Å². The fourth-order valence-corrected chi connectivity index (χ4v) is 2.79. The second-order valence-corrected chi connectivity index (χ2v) is 7.02. The second-order valence-electron chi connectivity index (χ2n) is 7.02. The normalized spacial score (nSPS) is 15.1. The molecule has 0 fully saturated rings. The van der Waals surface area contributed by atoms with E-state index in [9.17, 15) is 9.18 Å². The van der Waals surface area contributed by atoms with E-state index in [0.29, 0.717) is 24.5 Å². The number of halogens is 1. The zero-order chi connectivity index (χ0) is 22.1. The second kappa shape index (κ2) is 11.0. The first kappa shape index (κ1) is 22.9. The molecule has 0 bridgehead atoms. The molecule has 1 aliphatic heterocycles. The van der Waals surface area contributed by atoms with Crippen LogP contribution in [0.25, 0.3) is 5.57 Å². The van der Waals surface area contributed by atoms with Gasteiger partial charge < -0.3 is 16.0 Å². The van der Waals surface area contributed by atoms with Crippen LogP contribution in [0, 0.1) is 5.82 Å². The molecular formula is C24H29FN4O. The molecule has 158 valence electrons. The SMILES string of the molecule is C=CC1=C(/N=C\CCC)CN(C(=O)NC(=C)/C(N)=C\C=C(/C)c2ccc(F)cc2)C1. The Balaban J connectivity index is 1.97. The van der Waals surface area contributed by atoms with Crippen molar-refractivity contribution in [2.75, 3.05) is 13.1 Å². The molecule has 1 aliphatic rings. The van der Waals surface area contributed by atoms with Crippen LogP contribution in [-0.4, -0.2) is 30.2 Å². The number of unbranched alkanes of at least 4 members (excludes halogenated alkanes) is 1. The minimum absolute atomic E-state index is 0.284. The van der Waals surface area contributed by atoms with E-state index in [-0.39, 0.29) is 11.8 Å². The maximum Gasteiger partial charge on any atom is 0.322 e. The van der Waals surface area contributed by atoms with Crippen LogP contribution in [-0.2, 0) is 0 Å². The zero-order valence-corrected chi connectivity index (χ0v) is 17.6. The lowest BCUT2D eigenvalue weighted by Gasteiger charge is -2.18. The van der Waals surface area contributed by atoms with Gasteiger partial charge in [-0.2, -0.15) is 0 Å². The molecule has 2 rings (SSSR count). The summed E-state index contributed by atoms with van der Waals surface area (Å²) < 4.78 is 13.0. The Kier molecular flexibility index (Phi) is 8.35. The maximum absolute atomic E-state index is 13.0. The molecule has 0 aromatic heterocycles. The third-order valence-corrected chi connectivity index (χ3v) is 4.69. The molecule has 3 N–H and O–H groups in total. The molecule has 5 nitrogen and oxygen atoms in total. The topological polar surface area (TPSA) is 70.7 Å². The zero-order valence-electron chi connectivity index (χ0n) is 17.6. The highest BCUT2D eigenvalue weighted by Crippen LogP contribution is 2.20. The highest BCUT2D eigenvalue weighted by molar-refractivity contribution is 5.78. The van der Waals surface area contributed by atoms with Crippen LogP contribution in [0.5, 0.6) is 0 Å². The molecule has 1 aromatic rings. The van der Waals surface area contributed by atoms with Crippen LogP contribution in [0.1, 0.15) is 32.3 Å². The molecule has 0 spiro atoms. The first-order chi connectivity index (χ1) is 14.3. The van der Waals surface area contributed by atoms with Gasteiger partial charge in [0.1, 0.15) is 5.82 Å². The first-order valence-electron chi connectivity index (χ1n) is 9.87. The lowest BCUT2D eigenvalue weighted by atomic mass is 10.1. The minimum atomic E-state index is -0.296. The van der Waals surface area contributed by atoms with Crippen molar-refractivity contribution in [2.24, 2.45) is 10.7 Å². The van der Waals surface area contributed by atoms with Crippen molar-refractivity contribution in [1.29, 1.82) is 0 Å². The van der Waals surface area contributed by atoms with E-state index in [2.05, 4.69) is 30.4 Å². The lowest BCUT2D eigenvalue weighted by molar-refractivity contribution is 0.213. The van der Waals surface area contributed by atoms with Gasteiger partial charge in [0.25, 0.3) is 0 Å². The van der Waals surface area contributed by atoms with E-state index < -0.39 is 0 Å². The molecule has 0 unspecified atom stereocenters. The van der Waals surface area contributed by atoms with Crippen LogP contribution < -0.4 is 11.1 Å². The summed E-state index contributed by atoms with van der Waals surface area (Å²) in [6.45, 7) is 12.5. The molecule has 30 heavy (non-hydrogen) atoms. The van der Waals surface area contributed by atoms with E-state index in [4.69, 9.17) is 5.73 Å². The van der Waals surface area contributed by atoms with Gasteiger partial charge in [0.15, 0.2) is 0 Å². The van der Waals surface area contributed by atoms with Crippen molar-refractivity contribution >= 4 is 17.8 Å². The molecular weight excluding hydrogens is 379 g/mol. The van der Waals surface area contributed by atoms with E-state index in [1.807, 2.05) is 13.1 Å². The number of nitrogens with one attached hydrogen (secondary N) is 1. The summed E-state index contributed by atoms with van der Waals surface area (Å²) in [7, 11) is 0. The molecule has 0 radical (unpaired) electrons. The summed E-state index contributed by atoms with van der Waals surface area (Å²) in [6, 6.07) is 5.90. The lowest BCUT2D eigenvalue weighted by Crippen LogP contribution is -2.39. The smallest absolute Gasteiger partial charge is 0.322 e. The largest absolute Gasteiger partial charge is 0.397 e. The molecule has 0 aliphatic carbocycles. The molecule has 0 atom stereocenters. The van der Waals surface area contributed by atoms with E-state index >= 15 is 0 Å². The molecule has 1 heterocycles. The number of nitrogens with two attached hydrogens (primary N) is 1. The van der Waals surface area contributed by atoms with Gasteiger partial charge in [0.05, 0.1) is 23.6 Å². The van der Waals surface area contributed by atoms with Gasteiger partial charge in [-0.05, 0) is 48.3 Å². The Labute approximate surface area is 177 Å². The van der Waals surface area contributed by atoms with E-state index in [0.717, 1.165) is 35.2 Å². The number of amides is 2. The quantitative estimate of drug-likeness (QED) is 0.473. The predicted octanol–water partition coefficient (Wildman–Crippen LogP) is 4.92. The number of urea groups is 1. The van der Waals surface area contributed by atoms with Crippen molar-refractivity contribution in [3.05, 3.63) is 89.7 Å². The number of carbonyl (C=O) groups excluding carboxylic acids is 1. The summed E-state index contributed by atoms with van der Waals surface area (Å²) in [6.07, 6.45) is 8.98. The highest BCUT2D eigenvalue weighted by Gasteiger charge is 2.24. The predicted molar refractivity (Wildman–Crippen MR) is 122 cm³/mol. The van der Waals surface area contributed by atoms with Crippen molar-refractivity contribution in [1.82, 2.24) is 10.2 Å². The summed E-state index contributed by atoms with van der Waals surface area (Å²) in [5, 5.41) is 2.73. The third-order valence-electron chi connectivity index (χ3n) is 4.69. The standard InChI is InChI=1S/C24H29FN4O/c1-5-7-14-27-23-16-29(15-19(23)6-2)24(30)28-18(4)22(26)13-8-17(3)20-9-11-21(25)12-10-20/h6,8-14H,2,4-5,7,15-16,26H2,1,3H3,(H,28,30)/b17-8+,22-13+,27-14-. The molecule has 0 saturated carbocycles. The van der Waals surface area contributed by atoms with E-state index in [1.54, 1.807) is 35.3 Å². The number of allylic oxidation sites excluding steroid dienone is 3. The van der Waals surface area contributed by atoms with Crippen LogP contribution in [0.15, 0.2) is 83.3 Å². The van der Waals surface area contributed by atoms with Crippen molar-refractivity contribution in [3.63, 3.8) is 0 Å². The van der Waals surface area contributed by atoms with Gasteiger partial charge in [-0.1, -0.05) is 50.8 Å². The van der Waals surface area contributed by atoms with Crippen molar-refractivity contribution in [2.45, 2.75) is 26.7 Å². The van der Waals surface area contributed by atoms with Crippen molar-refractivity contribution in [3.8, 4) is 0 Å². The van der Waals surface area contributed by atoms with Gasteiger partial charge in [-0.3, -0.25) is 4.99 Å². The number of hydrogen-bond donors (Lipinski definition) is 2. The molecule has 1 aromatic carbocycles. The third kappa shape index (κ3) is 6.30. The Morgan fingerprint density at radius 1 is 1.30 bits per heavy atom. The van der Waals surface area contributed by atoms with Gasteiger partial charge in [-0.25, -0.2) is 9.18 Å². The Hall–Kier alpha value is -3.41. The molecule has 6 heteroatoms. The Morgan fingerprint density at radius 3 is 2.63 bits per heavy atom.